The van der Waals surface area contributed by atoms with E-state index >= 15 is 0 Å². The monoisotopic (exact) mass is 253 g/mol. The van der Waals surface area contributed by atoms with Gasteiger partial charge in [0.1, 0.15) is 0 Å². The molecule has 2 aliphatic rings. The Balaban J connectivity index is 1.89. The summed E-state index contributed by atoms with van der Waals surface area (Å²) in [6.07, 6.45) is 10.6. The molecular formula is C16H31NO. The van der Waals surface area contributed by atoms with Gasteiger partial charge < -0.3 is 5.11 Å². The van der Waals surface area contributed by atoms with Gasteiger partial charge in [0, 0.05) is 24.6 Å². The first-order chi connectivity index (χ1) is 8.65. The largest absolute Gasteiger partial charge is 0.396 e. The summed E-state index contributed by atoms with van der Waals surface area (Å²) in [5, 5.41) is 9.84. The van der Waals surface area contributed by atoms with Crippen molar-refractivity contribution in [3.63, 3.8) is 0 Å². The fourth-order valence-electron chi connectivity index (χ4n) is 3.35. The highest BCUT2D eigenvalue weighted by Gasteiger charge is 2.37. The molecule has 0 aromatic heterocycles. The van der Waals surface area contributed by atoms with Gasteiger partial charge in [0.25, 0.3) is 0 Å². The van der Waals surface area contributed by atoms with Gasteiger partial charge >= 0.3 is 0 Å². The lowest BCUT2D eigenvalue weighted by molar-refractivity contribution is 0.0361. The maximum Gasteiger partial charge on any atom is 0.0499 e. The molecule has 2 fully saturated rings. The third-order valence-electron chi connectivity index (χ3n) is 4.85. The van der Waals surface area contributed by atoms with E-state index in [4.69, 9.17) is 0 Å². The number of nitrogens with zero attached hydrogens (tertiary/aromatic N) is 1. The smallest absolute Gasteiger partial charge is 0.0499 e. The molecule has 0 aromatic carbocycles. The minimum atomic E-state index is 0.234. The minimum Gasteiger partial charge on any atom is -0.396 e. The summed E-state index contributed by atoms with van der Waals surface area (Å²) >= 11 is 0. The van der Waals surface area contributed by atoms with Crippen LogP contribution in [-0.2, 0) is 0 Å². The molecule has 0 heterocycles. The van der Waals surface area contributed by atoms with Crippen molar-refractivity contribution in [2.24, 2.45) is 11.3 Å². The number of aliphatic hydroxyl groups is 1. The summed E-state index contributed by atoms with van der Waals surface area (Å²) in [4.78, 5) is 2.70. The van der Waals surface area contributed by atoms with Gasteiger partial charge in [0.05, 0.1) is 0 Å². The van der Waals surface area contributed by atoms with E-state index in [1.54, 1.807) is 0 Å². The maximum absolute atomic E-state index is 9.84. The van der Waals surface area contributed by atoms with Crippen molar-refractivity contribution in [1.82, 2.24) is 4.90 Å². The third kappa shape index (κ3) is 3.96. The zero-order valence-corrected chi connectivity index (χ0v) is 12.3. The topological polar surface area (TPSA) is 23.5 Å². The molecule has 0 aromatic rings. The molecule has 0 radical (unpaired) electrons. The molecule has 18 heavy (non-hydrogen) atoms. The van der Waals surface area contributed by atoms with Gasteiger partial charge in [-0.15, -0.1) is 0 Å². The Morgan fingerprint density at radius 1 is 1.17 bits per heavy atom. The summed E-state index contributed by atoms with van der Waals surface area (Å²) in [5.74, 6) is 0.794. The summed E-state index contributed by atoms with van der Waals surface area (Å²) in [5.41, 5.74) is 0.234. The highest BCUT2D eigenvalue weighted by molar-refractivity contribution is 4.91. The summed E-state index contributed by atoms with van der Waals surface area (Å²) in [6, 6.07) is 0.842. The molecule has 0 unspecified atom stereocenters. The second-order valence-electron chi connectivity index (χ2n) is 7.10. The van der Waals surface area contributed by atoms with Crippen LogP contribution in [-0.4, -0.2) is 35.7 Å². The number of aliphatic hydroxyl groups excluding tert-OH is 1. The lowest BCUT2D eigenvalue weighted by Gasteiger charge is -2.40. The van der Waals surface area contributed by atoms with Crippen LogP contribution < -0.4 is 0 Å². The second-order valence-corrected chi connectivity index (χ2v) is 7.10. The van der Waals surface area contributed by atoms with Crippen molar-refractivity contribution in [2.45, 2.75) is 71.3 Å². The van der Waals surface area contributed by atoms with Gasteiger partial charge in [-0.1, -0.05) is 33.1 Å². The van der Waals surface area contributed by atoms with E-state index in [0.717, 1.165) is 18.5 Å². The van der Waals surface area contributed by atoms with Gasteiger partial charge in [0.15, 0.2) is 0 Å². The normalized spacial score (nSPS) is 23.8. The molecule has 2 rings (SSSR count). The van der Waals surface area contributed by atoms with Gasteiger partial charge in [0.2, 0.25) is 0 Å². The van der Waals surface area contributed by atoms with Crippen LogP contribution in [0.5, 0.6) is 0 Å². The van der Waals surface area contributed by atoms with Crippen molar-refractivity contribution in [1.29, 1.82) is 0 Å². The van der Waals surface area contributed by atoms with E-state index < -0.39 is 0 Å². The minimum absolute atomic E-state index is 0.234. The van der Waals surface area contributed by atoms with Crippen LogP contribution in [0.3, 0.4) is 0 Å². The highest BCUT2D eigenvalue weighted by Crippen LogP contribution is 2.39. The molecule has 2 heteroatoms. The van der Waals surface area contributed by atoms with Crippen LogP contribution in [0.1, 0.15) is 65.2 Å². The van der Waals surface area contributed by atoms with Gasteiger partial charge in [-0.25, -0.2) is 0 Å². The van der Waals surface area contributed by atoms with Crippen LogP contribution in [0.15, 0.2) is 0 Å². The second kappa shape index (κ2) is 6.38. The molecule has 0 aliphatic heterocycles. The van der Waals surface area contributed by atoms with Crippen LogP contribution in [0.25, 0.3) is 0 Å². The standard InChI is InChI=1S/C16H31NO/c1-14(2)8-11-17(15-6-7-15)12-16(13-18)9-4-3-5-10-16/h14-15,18H,3-13H2,1-2H3. The zero-order valence-electron chi connectivity index (χ0n) is 12.3. The molecule has 0 saturated heterocycles. The Morgan fingerprint density at radius 3 is 2.33 bits per heavy atom. The number of rotatable bonds is 7. The molecular weight excluding hydrogens is 222 g/mol. The number of hydrogen-bond donors (Lipinski definition) is 1. The van der Waals surface area contributed by atoms with E-state index in [1.165, 1.54) is 57.9 Å². The molecule has 0 atom stereocenters. The average Bonchev–Trinajstić information content (AvgIpc) is 3.20. The molecule has 2 nitrogen and oxygen atoms in total. The van der Waals surface area contributed by atoms with E-state index in [2.05, 4.69) is 18.7 Å². The predicted octanol–water partition coefficient (Wildman–Crippen LogP) is 3.44. The summed E-state index contributed by atoms with van der Waals surface area (Å²) in [6.45, 7) is 7.42. The molecule has 1 N–H and O–H groups in total. The average molecular weight is 253 g/mol. The molecule has 0 spiro atoms. The Kier molecular flexibility index (Phi) is 5.08. The lowest BCUT2D eigenvalue weighted by Crippen LogP contribution is -2.43. The predicted molar refractivity (Wildman–Crippen MR) is 76.7 cm³/mol. The van der Waals surface area contributed by atoms with Crippen molar-refractivity contribution >= 4 is 0 Å². The first-order valence-electron chi connectivity index (χ1n) is 8.00. The van der Waals surface area contributed by atoms with Crippen LogP contribution in [0, 0.1) is 11.3 Å². The molecule has 0 bridgehead atoms. The quantitative estimate of drug-likeness (QED) is 0.751. The van der Waals surface area contributed by atoms with Crippen molar-refractivity contribution < 1.29 is 5.11 Å². The summed E-state index contributed by atoms with van der Waals surface area (Å²) in [7, 11) is 0. The first-order valence-corrected chi connectivity index (χ1v) is 8.00. The summed E-state index contributed by atoms with van der Waals surface area (Å²) < 4.78 is 0. The van der Waals surface area contributed by atoms with E-state index in [-0.39, 0.29) is 5.41 Å². The van der Waals surface area contributed by atoms with Gasteiger partial charge in [-0.3, -0.25) is 4.90 Å². The maximum atomic E-state index is 9.84. The number of hydrogen-bond acceptors (Lipinski definition) is 2. The molecule has 106 valence electrons. The third-order valence-corrected chi connectivity index (χ3v) is 4.85. The van der Waals surface area contributed by atoms with E-state index in [0.29, 0.717) is 6.61 Å². The van der Waals surface area contributed by atoms with Crippen molar-refractivity contribution in [3.8, 4) is 0 Å². The van der Waals surface area contributed by atoms with Gasteiger partial charge in [-0.05, 0) is 44.6 Å². The Morgan fingerprint density at radius 2 is 1.83 bits per heavy atom. The Bertz CT molecular complexity index is 241. The van der Waals surface area contributed by atoms with Crippen molar-refractivity contribution in [3.05, 3.63) is 0 Å². The van der Waals surface area contributed by atoms with Crippen molar-refractivity contribution in [2.75, 3.05) is 19.7 Å². The molecule has 2 aliphatic carbocycles. The fourth-order valence-corrected chi connectivity index (χ4v) is 3.35. The molecule has 0 amide bonds. The van der Waals surface area contributed by atoms with Crippen LogP contribution >= 0.6 is 0 Å². The van der Waals surface area contributed by atoms with Gasteiger partial charge in [-0.2, -0.15) is 0 Å². The SMILES string of the molecule is CC(C)CCN(CC1(CO)CCCCC1)C1CC1. The first kappa shape index (κ1) is 14.3. The van der Waals surface area contributed by atoms with Crippen LogP contribution in [0.4, 0.5) is 0 Å². The Labute approximate surface area is 113 Å². The zero-order chi connectivity index (χ0) is 13.0. The van der Waals surface area contributed by atoms with E-state index in [9.17, 15) is 5.11 Å². The Hall–Kier alpha value is -0.0800. The van der Waals surface area contributed by atoms with Crippen LogP contribution in [0.2, 0.25) is 0 Å². The fraction of sp³-hybridized carbons (Fsp3) is 1.00. The molecule has 2 saturated carbocycles. The highest BCUT2D eigenvalue weighted by atomic mass is 16.3. The van der Waals surface area contributed by atoms with E-state index in [1.807, 2.05) is 0 Å². The lowest BCUT2D eigenvalue weighted by atomic mass is 9.74.